The van der Waals surface area contributed by atoms with E-state index in [0.717, 1.165) is 27.7 Å². The Labute approximate surface area is 205 Å². The summed E-state index contributed by atoms with van der Waals surface area (Å²) in [5.74, 6) is -1.39. The Kier molecular flexibility index (Phi) is 6.04. The first-order chi connectivity index (χ1) is 16.7. The zero-order valence-corrected chi connectivity index (χ0v) is 20.6. The van der Waals surface area contributed by atoms with E-state index in [2.05, 4.69) is 16.4 Å². The molecule has 1 aromatic heterocycles. The quantitative estimate of drug-likeness (QED) is 0.452. The van der Waals surface area contributed by atoms with E-state index in [1.807, 2.05) is 57.2 Å². The smallest absolute Gasteiger partial charge is 0.235 e. The summed E-state index contributed by atoms with van der Waals surface area (Å²) in [6, 6.07) is 9.83. The molecule has 35 heavy (non-hydrogen) atoms. The maximum absolute atomic E-state index is 14.0. The fourth-order valence-corrected chi connectivity index (χ4v) is 6.71. The Morgan fingerprint density at radius 2 is 1.86 bits per heavy atom. The first kappa shape index (κ1) is 23.7. The van der Waals surface area contributed by atoms with Crippen LogP contribution in [0.25, 0.3) is 10.9 Å². The van der Waals surface area contributed by atoms with Gasteiger partial charge in [0.2, 0.25) is 5.91 Å². The minimum absolute atomic E-state index is 0.0258. The average molecular weight is 475 g/mol. The van der Waals surface area contributed by atoms with Crippen molar-refractivity contribution in [3.05, 3.63) is 59.3 Å². The third-order valence-electron chi connectivity index (χ3n) is 8.56. The number of fused-ring (bicyclic) bond motifs is 1. The van der Waals surface area contributed by atoms with Crippen molar-refractivity contribution in [1.82, 2.24) is 10.3 Å². The van der Waals surface area contributed by atoms with Crippen molar-refractivity contribution in [2.24, 2.45) is 23.2 Å². The fourth-order valence-electron chi connectivity index (χ4n) is 6.71. The van der Waals surface area contributed by atoms with Crippen LogP contribution in [0, 0.1) is 23.2 Å². The van der Waals surface area contributed by atoms with Gasteiger partial charge in [0.05, 0.1) is 6.10 Å². The predicted octanol–water partition coefficient (Wildman–Crippen LogP) is 4.04. The number of aromatic amines is 1. The van der Waals surface area contributed by atoms with Gasteiger partial charge in [0.15, 0.2) is 0 Å². The monoisotopic (exact) mass is 474 g/mol. The first-order valence-corrected chi connectivity index (χ1v) is 12.7. The van der Waals surface area contributed by atoms with Crippen LogP contribution in [0.1, 0.15) is 52.1 Å². The maximum Gasteiger partial charge on any atom is 0.235 e. The molecule has 5 rings (SSSR count). The van der Waals surface area contributed by atoms with Crippen LogP contribution < -0.4 is 5.32 Å². The lowest BCUT2D eigenvalue weighted by Crippen LogP contribution is -2.55. The van der Waals surface area contributed by atoms with Gasteiger partial charge in [-0.05, 0) is 49.3 Å². The van der Waals surface area contributed by atoms with Crippen molar-refractivity contribution in [3.8, 4) is 0 Å². The molecule has 1 amide bonds. The van der Waals surface area contributed by atoms with Crippen molar-refractivity contribution in [2.75, 3.05) is 0 Å². The molecule has 2 aliphatic carbocycles. The molecule has 6 atom stereocenters. The Morgan fingerprint density at radius 3 is 2.63 bits per heavy atom. The number of allylic oxidation sites excluding steroid dienone is 1. The minimum Gasteiger partial charge on any atom is -0.388 e. The number of amides is 1. The average Bonchev–Trinajstić information content (AvgIpc) is 3.35. The normalized spacial score (nSPS) is 34.9. The first-order valence-electron chi connectivity index (χ1n) is 12.7. The fraction of sp³-hybridized carbons (Fsp3) is 0.483. The summed E-state index contributed by atoms with van der Waals surface area (Å²) >= 11 is 0. The van der Waals surface area contributed by atoms with Crippen LogP contribution in [-0.4, -0.2) is 39.7 Å². The van der Waals surface area contributed by atoms with E-state index >= 15 is 0 Å². The molecule has 184 valence electrons. The molecular formula is C29H34N2O4. The molecule has 1 spiro atoms. The molecule has 0 bridgehead atoms. The van der Waals surface area contributed by atoms with Crippen LogP contribution in [0.3, 0.4) is 0 Å². The Balaban J connectivity index is 1.60. The minimum atomic E-state index is -1.41. The number of benzene rings is 1. The molecule has 2 aromatic rings. The highest BCUT2D eigenvalue weighted by Gasteiger charge is 2.66. The van der Waals surface area contributed by atoms with E-state index in [0.29, 0.717) is 19.3 Å². The Morgan fingerprint density at radius 1 is 1.09 bits per heavy atom. The van der Waals surface area contributed by atoms with Gasteiger partial charge in [0.1, 0.15) is 17.0 Å². The summed E-state index contributed by atoms with van der Waals surface area (Å²) in [6.45, 7) is 5.86. The lowest BCUT2D eigenvalue weighted by molar-refractivity contribution is -0.148. The second-order valence-electron chi connectivity index (χ2n) is 10.8. The molecule has 0 radical (unpaired) electrons. The number of carbonyl (C=O) groups is 3. The number of carbonyl (C=O) groups excluding carboxylic acids is 3. The van der Waals surface area contributed by atoms with Gasteiger partial charge in [-0.2, -0.15) is 0 Å². The summed E-state index contributed by atoms with van der Waals surface area (Å²) in [4.78, 5) is 43.8. The molecule has 1 unspecified atom stereocenters. The van der Waals surface area contributed by atoms with Gasteiger partial charge in [-0.1, -0.05) is 42.8 Å². The number of aromatic nitrogens is 1. The molecule has 1 aromatic carbocycles. The number of H-pyrrole nitrogens is 1. The number of rotatable bonds is 2. The highest BCUT2D eigenvalue weighted by atomic mass is 16.3. The van der Waals surface area contributed by atoms with Crippen molar-refractivity contribution >= 4 is 28.4 Å². The van der Waals surface area contributed by atoms with E-state index in [1.165, 1.54) is 0 Å². The largest absolute Gasteiger partial charge is 0.388 e. The van der Waals surface area contributed by atoms with Gasteiger partial charge in [-0.25, -0.2) is 0 Å². The van der Waals surface area contributed by atoms with Gasteiger partial charge in [-0.3, -0.25) is 14.4 Å². The molecule has 0 saturated carbocycles. The SMILES string of the molecule is CC1=C(C)[C@H]2[C@H](Cc3cc4ccccc4[nH]3)NC(=O)[C@@]23C(=O)CCC(=O)CC(C)C/C=C/[C@H]3[C@@H]1O. The van der Waals surface area contributed by atoms with Gasteiger partial charge in [0.25, 0.3) is 0 Å². The van der Waals surface area contributed by atoms with Crippen molar-refractivity contribution in [2.45, 2.75) is 65.0 Å². The molecule has 1 saturated heterocycles. The summed E-state index contributed by atoms with van der Waals surface area (Å²) in [7, 11) is 0. The molecular weight excluding hydrogens is 440 g/mol. The third kappa shape index (κ3) is 3.79. The number of hydrogen-bond donors (Lipinski definition) is 3. The van der Waals surface area contributed by atoms with E-state index in [4.69, 9.17) is 0 Å². The number of nitrogens with one attached hydrogen (secondary N) is 2. The number of aliphatic hydroxyl groups excluding tert-OH is 1. The van der Waals surface area contributed by atoms with Crippen LogP contribution in [0.2, 0.25) is 0 Å². The Hall–Kier alpha value is -2.99. The number of aliphatic hydroxyl groups is 1. The van der Waals surface area contributed by atoms with Crippen LogP contribution >= 0.6 is 0 Å². The van der Waals surface area contributed by atoms with Crippen molar-refractivity contribution in [3.63, 3.8) is 0 Å². The topological polar surface area (TPSA) is 99.3 Å². The second-order valence-corrected chi connectivity index (χ2v) is 10.8. The summed E-state index contributed by atoms with van der Waals surface area (Å²) in [5, 5.41) is 15.6. The molecule has 3 N–H and O–H groups in total. The van der Waals surface area contributed by atoms with Crippen LogP contribution in [-0.2, 0) is 20.8 Å². The third-order valence-corrected chi connectivity index (χ3v) is 8.56. The van der Waals surface area contributed by atoms with Gasteiger partial charge in [0, 0.05) is 54.8 Å². The van der Waals surface area contributed by atoms with Gasteiger partial charge in [-0.15, -0.1) is 0 Å². The molecule has 6 heteroatoms. The Bertz CT molecular complexity index is 1220. The van der Waals surface area contributed by atoms with Crippen LogP contribution in [0.5, 0.6) is 0 Å². The lowest BCUT2D eigenvalue weighted by atomic mass is 9.54. The number of ketones is 2. The molecule has 1 fully saturated rings. The zero-order chi connectivity index (χ0) is 24.9. The summed E-state index contributed by atoms with van der Waals surface area (Å²) in [6.07, 6.45) is 4.72. The number of Topliss-reactive ketones (excluding diaryl/α,β-unsaturated/α-hetero) is 2. The molecule has 1 aliphatic heterocycles. The van der Waals surface area contributed by atoms with Crippen LogP contribution in [0.15, 0.2) is 53.6 Å². The van der Waals surface area contributed by atoms with Gasteiger partial charge < -0.3 is 15.4 Å². The number of para-hydroxylation sites is 1. The van der Waals surface area contributed by atoms with E-state index < -0.39 is 17.4 Å². The highest BCUT2D eigenvalue weighted by Crippen LogP contribution is 2.55. The number of hydrogen-bond acceptors (Lipinski definition) is 4. The maximum atomic E-state index is 14.0. The van der Waals surface area contributed by atoms with E-state index in [1.54, 1.807) is 0 Å². The van der Waals surface area contributed by atoms with Gasteiger partial charge >= 0.3 is 0 Å². The highest BCUT2D eigenvalue weighted by molar-refractivity contribution is 6.10. The zero-order valence-electron chi connectivity index (χ0n) is 20.6. The van der Waals surface area contributed by atoms with Crippen molar-refractivity contribution in [1.29, 1.82) is 0 Å². The summed E-state index contributed by atoms with van der Waals surface area (Å²) in [5.41, 5.74) is 2.33. The summed E-state index contributed by atoms with van der Waals surface area (Å²) < 4.78 is 0. The second kappa shape index (κ2) is 8.90. The lowest BCUT2D eigenvalue weighted by Gasteiger charge is -2.46. The van der Waals surface area contributed by atoms with Crippen molar-refractivity contribution < 1.29 is 19.5 Å². The van der Waals surface area contributed by atoms with Crippen LogP contribution in [0.4, 0.5) is 0 Å². The predicted molar refractivity (Wildman–Crippen MR) is 135 cm³/mol. The molecule has 3 aliphatic rings. The molecule has 6 nitrogen and oxygen atoms in total. The van der Waals surface area contributed by atoms with E-state index in [-0.39, 0.29) is 48.2 Å². The van der Waals surface area contributed by atoms with E-state index in [9.17, 15) is 19.5 Å². The molecule has 2 heterocycles. The standard InChI is InChI=1S/C29H34N2O4/c1-16-7-6-9-22-27(34)18(3)17(2)26-24(15-20-14-19-8-4-5-10-23(19)30-20)31-28(35)29(22,26)25(33)12-11-21(32)13-16/h4-6,8-10,14,16,22,24,26-27,30,34H,7,11-13,15H2,1-3H3,(H,31,35)/b9-6+/t16?,22-,24-,26-,27+,29-/m0/s1.